The molecule has 0 aromatic rings. The average molecular weight is 139 g/mol. The summed E-state index contributed by atoms with van der Waals surface area (Å²) in [6, 6.07) is 0. The summed E-state index contributed by atoms with van der Waals surface area (Å²) in [6.07, 6.45) is 6.20. The summed E-state index contributed by atoms with van der Waals surface area (Å²) in [6.45, 7) is 4.18. The highest BCUT2D eigenvalue weighted by Crippen LogP contribution is 2.06. The van der Waals surface area contributed by atoms with Crippen molar-refractivity contribution in [3.8, 4) is 0 Å². The first-order chi connectivity index (χ1) is 4.81. The van der Waals surface area contributed by atoms with Crippen molar-refractivity contribution in [2.24, 2.45) is 0 Å². The van der Waals surface area contributed by atoms with E-state index in [1.54, 1.807) is 0 Å². The lowest BCUT2D eigenvalue weighted by Gasteiger charge is -1.96. The van der Waals surface area contributed by atoms with E-state index in [9.17, 15) is 0 Å². The van der Waals surface area contributed by atoms with Gasteiger partial charge < -0.3 is 0 Å². The first-order valence-electron chi connectivity index (χ1n) is 4.06. The molecular formula is C9H17N. The second-order valence-electron chi connectivity index (χ2n) is 2.72. The summed E-state index contributed by atoms with van der Waals surface area (Å²) in [5.74, 6) is 2.41. The van der Waals surface area contributed by atoms with E-state index >= 15 is 0 Å². The quantitative estimate of drug-likeness (QED) is 0.447. The van der Waals surface area contributed by atoms with Gasteiger partial charge in [-0.05, 0) is 31.2 Å². The highest BCUT2D eigenvalue weighted by Gasteiger charge is 1.88. The van der Waals surface area contributed by atoms with E-state index < -0.39 is 0 Å². The number of hydrogen-bond acceptors (Lipinski definition) is 1. The van der Waals surface area contributed by atoms with Crippen molar-refractivity contribution in [1.29, 1.82) is 5.41 Å². The molecule has 0 radical (unpaired) electrons. The summed E-state index contributed by atoms with van der Waals surface area (Å²) in [5, 5.41) is 6.80. The highest BCUT2D eigenvalue weighted by molar-refractivity contribution is 5.53. The second kappa shape index (κ2) is 6.57. The van der Waals surface area contributed by atoms with Crippen molar-refractivity contribution in [3.63, 3.8) is 0 Å². The van der Waals surface area contributed by atoms with Crippen LogP contribution in [-0.4, -0.2) is 5.87 Å². The maximum Gasteiger partial charge on any atom is -0.0126 e. The lowest BCUT2D eigenvalue weighted by atomic mass is 10.1. The molecule has 0 saturated heterocycles. The van der Waals surface area contributed by atoms with Gasteiger partial charge in [0.25, 0.3) is 0 Å². The monoisotopic (exact) mass is 139 g/mol. The molecule has 0 amide bonds. The molecule has 0 aromatic carbocycles. The number of hydrogen-bond donors (Lipinski definition) is 1. The second-order valence-corrected chi connectivity index (χ2v) is 2.72. The molecule has 0 aliphatic heterocycles. The van der Waals surface area contributed by atoms with Gasteiger partial charge in [-0.15, -0.1) is 0 Å². The van der Waals surface area contributed by atoms with E-state index in [1.165, 1.54) is 25.7 Å². The summed E-state index contributed by atoms with van der Waals surface area (Å²) in [7, 11) is 0. The maximum atomic E-state index is 6.80. The normalized spacial score (nSPS) is 9.00. The molecule has 10 heavy (non-hydrogen) atoms. The Morgan fingerprint density at radius 1 is 1.30 bits per heavy atom. The van der Waals surface area contributed by atoms with Crippen LogP contribution in [0, 0.1) is 5.41 Å². The van der Waals surface area contributed by atoms with Crippen LogP contribution in [0.4, 0.5) is 0 Å². The van der Waals surface area contributed by atoms with E-state index in [0.717, 1.165) is 12.0 Å². The van der Waals surface area contributed by atoms with Crippen molar-refractivity contribution in [3.05, 3.63) is 5.57 Å². The summed E-state index contributed by atoms with van der Waals surface area (Å²) in [5.41, 5.74) is 1.08. The number of allylic oxidation sites excluding steroid dienone is 1. The SMILES string of the molecule is CCCCCCC(C)=C=N. The van der Waals surface area contributed by atoms with Gasteiger partial charge >= 0.3 is 0 Å². The molecule has 0 aliphatic rings. The van der Waals surface area contributed by atoms with Gasteiger partial charge in [-0.2, -0.15) is 0 Å². The Hall–Kier alpha value is -0.550. The van der Waals surface area contributed by atoms with E-state index in [2.05, 4.69) is 12.8 Å². The Bertz CT molecular complexity index is 121. The van der Waals surface area contributed by atoms with Gasteiger partial charge in [-0.3, -0.25) is 5.41 Å². The van der Waals surface area contributed by atoms with Crippen molar-refractivity contribution in [2.75, 3.05) is 0 Å². The van der Waals surface area contributed by atoms with Crippen LogP contribution in [0.15, 0.2) is 5.57 Å². The smallest absolute Gasteiger partial charge is 0.0126 e. The molecule has 0 atom stereocenters. The van der Waals surface area contributed by atoms with Crippen LogP contribution in [0.3, 0.4) is 0 Å². The van der Waals surface area contributed by atoms with E-state index in [4.69, 9.17) is 5.41 Å². The van der Waals surface area contributed by atoms with Gasteiger partial charge in [0.1, 0.15) is 0 Å². The molecular weight excluding hydrogens is 122 g/mol. The Morgan fingerprint density at radius 3 is 2.50 bits per heavy atom. The van der Waals surface area contributed by atoms with Crippen molar-refractivity contribution in [1.82, 2.24) is 0 Å². The summed E-state index contributed by atoms with van der Waals surface area (Å²) < 4.78 is 0. The van der Waals surface area contributed by atoms with Crippen LogP contribution in [-0.2, 0) is 0 Å². The average Bonchev–Trinajstić information content (AvgIpc) is 1.98. The first-order valence-corrected chi connectivity index (χ1v) is 4.06. The third kappa shape index (κ3) is 5.58. The third-order valence-electron chi connectivity index (χ3n) is 1.62. The Labute approximate surface area is 63.7 Å². The highest BCUT2D eigenvalue weighted by atomic mass is 14.3. The molecule has 0 aliphatic carbocycles. The maximum absolute atomic E-state index is 6.80. The lowest BCUT2D eigenvalue weighted by molar-refractivity contribution is 0.666. The van der Waals surface area contributed by atoms with Crippen LogP contribution in [0.1, 0.15) is 46.0 Å². The Balaban J connectivity index is 3.12. The molecule has 0 rings (SSSR count). The van der Waals surface area contributed by atoms with Crippen molar-refractivity contribution in [2.45, 2.75) is 46.0 Å². The fraction of sp³-hybridized carbons (Fsp3) is 0.778. The molecule has 0 unspecified atom stereocenters. The van der Waals surface area contributed by atoms with Gasteiger partial charge in [0, 0.05) is 0 Å². The molecule has 0 spiro atoms. The minimum atomic E-state index is 1.06. The molecule has 0 heterocycles. The third-order valence-corrected chi connectivity index (χ3v) is 1.62. The predicted octanol–water partition coefficient (Wildman–Crippen LogP) is 3.15. The van der Waals surface area contributed by atoms with Gasteiger partial charge in [0.15, 0.2) is 0 Å². The Morgan fingerprint density at radius 2 is 2.00 bits per heavy atom. The van der Waals surface area contributed by atoms with Crippen LogP contribution >= 0.6 is 0 Å². The molecule has 0 fully saturated rings. The van der Waals surface area contributed by atoms with Crippen molar-refractivity contribution < 1.29 is 0 Å². The van der Waals surface area contributed by atoms with Gasteiger partial charge in [0.05, 0.1) is 0 Å². The lowest BCUT2D eigenvalue weighted by Crippen LogP contribution is -1.79. The minimum absolute atomic E-state index is 1.06. The van der Waals surface area contributed by atoms with Crippen LogP contribution in [0.2, 0.25) is 0 Å². The van der Waals surface area contributed by atoms with Crippen molar-refractivity contribution >= 4 is 5.87 Å². The zero-order valence-electron chi connectivity index (χ0n) is 7.04. The van der Waals surface area contributed by atoms with Gasteiger partial charge in [-0.1, -0.05) is 26.2 Å². The molecule has 1 N–H and O–H groups in total. The van der Waals surface area contributed by atoms with Gasteiger partial charge in [0.2, 0.25) is 0 Å². The molecule has 1 heteroatoms. The number of unbranched alkanes of at least 4 members (excludes halogenated alkanes) is 3. The minimum Gasteiger partial charge on any atom is -0.259 e. The molecule has 0 bridgehead atoms. The topological polar surface area (TPSA) is 23.9 Å². The molecule has 1 nitrogen and oxygen atoms in total. The standard InChI is InChI=1S/C9H17N/c1-3-4-5-6-7-9(2)8-10/h10H,3-7H2,1-2H3. The molecule has 0 saturated carbocycles. The van der Waals surface area contributed by atoms with E-state index in [0.29, 0.717) is 0 Å². The van der Waals surface area contributed by atoms with Crippen LogP contribution < -0.4 is 0 Å². The van der Waals surface area contributed by atoms with E-state index in [-0.39, 0.29) is 0 Å². The summed E-state index contributed by atoms with van der Waals surface area (Å²) >= 11 is 0. The zero-order chi connectivity index (χ0) is 7.82. The first kappa shape index (κ1) is 9.45. The number of rotatable bonds is 5. The van der Waals surface area contributed by atoms with Gasteiger partial charge in [-0.25, -0.2) is 0 Å². The number of nitrogens with one attached hydrogen (secondary N) is 1. The molecule has 0 aromatic heterocycles. The fourth-order valence-corrected chi connectivity index (χ4v) is 0.879. The molecule has 58 valence electrons. The summed E-state index contributed by atoms with van der Waals surface area (Å²) in [4.78, 5) is 0. The fourth-order valence-electron chi connectivity index (χ4n) is 0.879. The van der Waals surface area contributed by atoms with Crippen LogP contribution in [0.5, 0.6) is 0 Å². The Kier molecular flexibility index (Phi) is 6.21. The zero-order valence-corrected chi connectivity index (χ0v) is 7.04. The predicted molar refractivity (Wildman–Crippen MR) is 45.7 cm³/mol. The van der Waals surface area contributed by atoms with Crippen LogP contribution in [0.25, 0.3) is 0 Å². The van der Waals surface area contributed by atoms with E-state index in [1.807, 2.05) is 6.92 Å². The largest absolute Gasteiger partial charge is 0.259 e.